The van der Waals surface area contributed by atoms with Gasteiger partial charge in [0.15, 0.2) is 5.69 Å². The predicted molar refractivity (Wildman–Crippen MR) is 83.2 cm³/mol. The van der Waals surface area contributed by atoms with Crippen LogP contribution >= 0.6 is 0 Å². The summed E-state index contributed by atoms with van der Waals surface area (Å²) in [5.41, 5.74) is 3.13. The van der Waals surface area contributed by atoms with Crippen LogP contribution in [-0.4, -0.2) is 34.3 Å². The van der Waals surface area contributed by atoms with Crippen LogP contribution in [0.15, 0.2) is 18.5 Å². The molecule has 7 nitrogen and oxygen atoms in total. The largest absolute Gasteiger partial charge is 0.495 e. The standard InChI is InChI=1S/C16H20N4O3/c1-9-6-12-14(10(2)23-9)19-20-15(12)16(21)18-7-11-4-5-17-8-13(11)22-3/h4-5,8-10H,6-7H2,1-3H3,(H,18,21)(H,19,20)/t9-,10+/m0/s1. The van der Waals surface area contributed by atoms with Gasteiger partial charge in [0.1, 0.15) is 5.75 Å². The molecule has 1 amide bonds. The zero-order valence-electron chi connectivity index (χ0n) is 13.4. The first-order valence-electron chi connectivity index (χ1n) is 7.57. The molecule has 1 aliphatic rings. The highest BCUT2D eigenvalue weighted by Gasteiger charge is 2.29. The lowest BCUT2D eigenvalue weighted by molar-refractivity contribution is -0.00697. The van der Waals surface area contributed by atoms with Crippen LogP contribution in [0, 0.1) is 0 Å². The number of aromatic amines is 1. The summed E-state index contributed by atoms with van der Waals surface area (Å²) >= 11 is 0. The van der Waals surface area contributed by atoms with Crippen molar-refractivity contribution in [2.45, 2.75) is 39.0 Å². The molecular weight excluding hydrogens is 296 g/mol. The van der Waals surface area contributed by atoms with Crippen LogP contribution in [0.5, 0.6) is 5.75 Å². The highest BCUT2D eigenvalue weighted by molar-refractivity contribution is 5.94. The van der Waals surface area contributed by atoms with E-state index in [1.807, 2.05) is 19.9 Å². The number of nitrogens with one attached hydrogen (secondary N) is 2. The van der Waals surface area contributed by atoms with Gasteiger partial charge in [-0.1, -0.05) is 0 Å². The van der Waals surface area contributed by atoms with E-state index in [0.717, 1.165) is 16.8 Å². The summed E-state index contributed by atoms with van der Waals surface area (Å²) in [5, 5.41) is 9.99. The lowest BCUT2D eigenvalue weighted by Crippen LogP contribution is -2.27. The van der Waals surface area contributed by atoms with E-state index in [1.165, 1.54) is 0 Å². The summed E-state index contributed by atoms with van der Waals surface area (Å²) in [5.74, 6) is 0.440. The van der Waals surface area contributed by atoms with Gasteiger partial charge in [-0.05, 0) is 19.9 Å². The molecule has 3 rings (SSSR count). The van der Waals surface area contributed by atoms with Crippen LogP contribution in [0.4, 0.5) is 0 Å². The minimum Gasteiger partial charge on any atom is -0.495 e. The number of rotatable bonds is 4. The predicted octanol–water partition coefficient (Wildman–Crippen LogP) is 1.77. The summed E-state index contributed by atoms with van der Waals surface area (Å²) in [6.07, 6.45) is 3.96. The number of aromatic nitrogens is 3. The van der Waals surface area contributed by atoms with Crippen LogP contribution in [-0.2, 0) is 17.7 Å². The van der Waals surface area contributed by atoms with Crippen molar-refractivity contribution in [3.8, 4) is 5.75 Å². The Kier molecular flexibility index (Phi) is 4.29. The van der Waals surface area contributed by atoms with E-state index in [0.29, 0.717) is 24.4 Å². The van der Waals surface area contributed by atoms with Crippen molar-refractivity contribution in [1.82, 2.24) is 20.5 Å². The molecule has 122 valence electrons. The summed E-state index contributed by atoms with van der Waals surface area (Å²) in [7, 11) is 1.58. The highest BCUT2D eigenvalue weighted by Crippen LogP contribution is 2.30. The van der Waals surface area contributed by atoms with Gasteiger partial charge < -0.3 is 14.8 Å². The second kappa shape index (κ2) is 6.37. The topological polar surface area (TPSA) is 89.1 Å². The Balaban J connectivity index is 1.75. The molecule has 2 aromatic rings. The number of hydrogen-bond donors (Lipinski definition) is 2. The third kappa shape index (κ3) is 3.05. The molecule has 2 N–H and O–H groups in total. The average Bonchev–Trinajstić information content (AvgIpc) is 2.97. The maximum Gasteiger partial charge on any atom is 0.272 e. The Labute approximate surface area is 134 Å². The van der Waals surface area contributed by atoms with Crippen molar-refractivity contribution >= 4 is 5.91 Å². The SMILES string of the molecule is COc1cnccc1CNC(=O)c1n[nH]c2c1C[C@H](C)O[C@@H]2C. The van der Waals surface area contributed by atoms with Crippen LogP contribution in [0.1, 0.15) is 47.3 Å². The number of pyridine rings is 1. The molecule has 2 aromatic heterocycles. The molecule has 2 atom stereocenters. The van der Waals surface area contributed by atoms with E-state index in [4.69, 9.17) is 9.47 Å². The van der Waals surface area contributed by atoms with Crippen molar-refractivity contribution in [2.24, 2.45) is 0 Å². The Hall–Kier alpha value is -2.41. The molecule has 0 aliphatic carbocycles. The zero-order chi connectivity index (χ0) is 16.4. The van der Waals surface area contributed by atoms with E-state index in [1.54, 1.807) is 19.5 Å². The maximum absolute atomic E-state index is 12.5. The number of fused-ring (bicyclic) bond motifs is 1. The van der Waals surface area contributed by atoms with Crippen molar-refractivity contribution in [3.63, 3.8) is 0 Å². The van der Waals surface area contributed by atoms with Gasteiger partial charge >= 0.3 is 0 Å². The molecule has 0 aromatic carbocycles. The van der Waals surface area contributed by atoms with Crippen LogP contribution in [0.3, 0.4) is 0 Å². The average molecular weight is 316 g/mol. The summed E-state index contributed by atoms with van der Waals surface area (Å²) in [6, 6.07) is 1.82. The first-order valence-corrected chi connectivity index (χ1v) is 7.57. The Morgan fingerprint density at radius 3 is 3.13 bits per heavy atom. The molecule has 0 spiro atoms. The van der Waals surface area contributed by atoms with E-state index < -0.39 is 0 Å². The van der Waals surface area contributed by atoms with Gasteiger partial charge in [0, 0.05) is 30.3 Å². The monoisotopic (exact) mass is 316 g/mol. The molecule has 0 saturated heterocycles. The fraction of sp³-hybridized carbons (Fsp3) is 0.438. The quantitative estimate of drug-likeness (QED) is 0.897. The van der Waals surface area contributed by atoms with Crippen LogP contribution < -0.4 is 10.1 Å². The number of ether oxygens (including phenoxy) is 2. The highest BCUT2D eigenvalue weighted by atomic mass is 16.5. The second-order valence-corrected chi connectivity index (χ2v) is 5.63. The Morgan fingerprint density at radius 2 is 2.35 bits per heavy atom. The van der Waals surface area contributed by atoms with Crippen molar-refractivity contribution in [2.75, 3.05) is 7.11 Å². The van der Waals surface area contributed by atoms with Gasteiger partial charge in [-0.3, -0.25) is 14.9 Å². The molecular formula is C16H20N4O3. The number of hydrogen-bond acceptors (Lipinski definition) is 5. The van der Waals surface area contributed by atoms with E-state index in [9.17, 15) is 4.79 Å². The lowest BCUT2D eigenvalue weighted by atomic mass is 9.99. The van der Waals surface area contributed by atoms with E-state index in [2.05, 4.69) is 20.5 Å². The van der Waals surface area contributed by atoms with Gasteiger partial charge in [-0.2, -0.15) is 5.10 Å². The molecule has 0 radical (unpaired) electrons. The first-order chi connectivity index (χ1) is 11.1. The number of H-pyrrole nitrogens is 1. The molecule has 7 heteroatoms. The molecule has 23 heavy (non-hydrogen) atoms. The Bertz CT molecular complexity index is 713. The van der Waals surface area contributed by atoms with Crippen LogP contribution in [0.25, 0.3) is 0 Å². The lowest BCUT2D eigenvalue weighted by Gasteiger charge is -2.25. The number of carbonyl (C=O) groups excluding carboxylic acids is 1. The van der Waals surface area contributed by atoms with Crippen molar-refractivity contribution in [3.05, 3.63) is 41.0 Å². The Morgan fingerprint density at radius 1 is 1.52 bits per heavy atom. The molecule has 0 fully saturated rings. The summed E-state index contributed by atoms with van der Waals surface area (Å²) < 4.78 is 11.0. The van der Waals surface area contributed by atoms with E-state index in [-0.39, 0.29) is 18.1 Å². The number of methoxy groups -OCH3 is 1. The number of nitrogens with zero attached hydrogens (tertiary/aromatic N) is 2. The normalized spacial score (nSPS) is 20.0. The molecule has 0 saturated carbocycles. The first kappa shape index (κ1) is 15.5. The minimum absolute atomic E-state index is 0.0712. The van der Waals surface area contributed by atoms with Gasteiger partial charge in [0.25, 0.3) is 5.91 Å². The molecule has 0 unspecified atom stereocenters. The molecule has 1 aliphatic heterocycles. The second-order valence-electron chi connectivity index (χ2n) is 5.63. The third-order valence-electron chi connectivity index (χ3n) is 3.98. The van der Waals surface area contributed by atoms with Crippen molar-refractivity contribution in [1.29, 1.82) is 0 Å². The molecule has 3 heterocycles. The van der Waals surface area contributed by atoms with Gasteiger partial charge in [-0.25, -0.2) is 0 Å². The summed E-state index contributed by atoms with van der Waals surface area (Å²) in [6.45, 7) is 4.31. The number of amides is 1. The smallest absolute Gasteiger partial charge is 0.272 e. The van der Waals surface area contributed by atoms with Gasteiger partial charge in [0.05, 0.1) is 31.2 Å². The van der Waals surface area contributed by atoms with Crippen molar-refractivity contribution < 1.29 is 14.3 Å². The van der Waals surface area contributed by atoms with Gasteiger partial charge in [0.2, 0.25) is 0 Å². The van der Waals surface area contributed by atoms with E-state index >= 15 is 0 Å². The number of carbonyl (C=O) groups is 1. The van der Waals surface area contributed by atoms with Gasteiger partial charge in [-0.15, -0.1) is 0 Å². The summed E-state index contributed by atoms with van der Waals surface area (Å²) in [4.78, 5) is 16.5. The fourth-order valence-electron chi connectivity index (χ4n) is 2.86. The zero-order valence-corrected chi connectivity index (χ0v) is 13.4. The maximum atomic E-state index is 12.5. The fourth-order valence-corrected chi connectivity index (χ4v) is 2.86. The van der Waals surface area contributed by atoms with Crippen LogP contribution in [0.2, 0.25) is 0 Å². The third-order valence-corrected chi connectivity index (χ3v) is 3.98. The molecule has 0 bridgehead atoms. The minimum atomic E-state index is -0.206.